The number of hydrogen-bond acceptors (Lipinski definition) is 6. The third-order valence-corrected chi connectivity index (χ3v) is 5.99. The van der Waals surface area contributed by atoms with Gasteiger partial charge in [-0.1, -0.05) is 0 Å². The van der Waals surface area contributed by atoms with Gasteiger partial charge in [-0.05, 0) is 24.1 Å². The lowest BCUT2D eigenvalue weighted by Gasteiger charge is -2.37. The van der Waals surface area contributed by atoms with Crippen molar-refractivity contribution in [1.29, 1.82) is 0 Å². The Labute approximate surface area is 159 Å². The molecule has 148 valence electrons. The second-order valence-electron chi connectivity index (χ2n) is 7.14. The van der Waals surface area contributed by atoms with Crippen LogP contribution in [0.15, 0.2) is 24.5 Å². The van der Waals surface area contributed by atoms with Crippen LogP contribution in [0.3, 0.4) is 0 Å². The van der Waals surface area contributed by atoms with Crippen LogP contribution in [0.25, 0.3) is 0 Å². The molecule has 0 bridgehead atoms. The summed E-state index contributed by atoms with van der Waals surface area (Å²) < 4.78 is 28.4. The van der Waals surface area contributed by atoms with Gasteiger partial charge in [0.15, 0.2) is 0 Å². The van der Waals surface area contributed by atoms with Gasteiger partial charge in [0.1, 0.15) is 9.84 Å². The van der Waals surface area contributed by atoms with Crippen molar-refractivity contribution < 1.29 is 22.7 Å². The maximum atomic E-state index is 13.0. The number of nitrogens with zero attached hydrogens (tertiary/aromatic N) is 3. The first-order valence-electron chi connectivity index (χ1n) is 9.08. The number of aromatic nitrogens is 1. The van der Waals surface area contributed by atoms with Gasteiger partial charge in [-0.3, -0.25) is 14.6 Å². The van der Waals surface area contributed by atoms with E-state index in [1.807, 2.05) is 12.1 Å². The van der Waals surface area contributed by atoms with Gasteiger partial charge in [0, 0.05) is 51.2 Å². The fraction of sp³-hybridized carbons (Fsp3) is 0.611. The first-order valence-corrected chi connectivity index (χ1v) is 11.1. The quantitative estimate of drug-likeness (QED) is 0.701. The van der Waals surface area contributed by atoms with E-state index in [2.05, 4.69) is 4.98 Å². The number of likely N-dealkylation sites (tertiary alicyclic amines) is 1. The van der Waals surface area contributed by atoms with E-state index in [-0.39, 0.29) is 36.0 Å². The zero-order chi connectivity index (χ0) is 19.4. The summed E-state index contributed by atoms with van der Waals surface area (Å²) in [5.74, 6) is -0.575. The van der Waals surface area contributed by atoms with Gasteiger partial charge >= 0.3 is 0 Å². The molecule has 3 heterocycles. The van der Waals surface area contributed by atoms with Crippen LogP contribution in [-0.4, -0.2) is 79.4 Å². The lowest BCUT2D eigenvalue weighted by molar-refractivity contribution is -0.145. The van der Waals surface area contributed by atoms with E-state index in [4.69, 9.17) is 4.74 Å². The van der Waals surface area contributed by atoms with Gasteiger partial charge in [-0.25, -0.2) is 8.42 Å². The summed E-state index contributed by atoms with van der Waals surface area (Å²) in [6.07, 6.45) is 4.70. The Bertz CT molecular complexity index is 783. The predicted octanol–water partition coefficient (Wildman–Crippen LogP) is 0.0922. The summed E-state index contributed by atoms with van der Waals surface area (Å²) >= 11 is 0. The molecule has 0 N–H and O–H groups in total. The molecule has 0 unspecified atom stereocenters. The predicted molar refractivity (Wildman–Crippen MR) is 98.4 cm³/mol. The molecule has 2 amide bonds. The molecule has 1 aromatic heterocycles. The topological polar surface area (TPSA) is 96.9 Å². The summed E-state index contributed by atoms with van der Waals surface area (Å²) in [5.41, 5.74) is 1.02. The highest BCUT2D eigenvalue weighted by Crippen LogP contribution is 2.26. The minimum atomic E-state index is -3.18. The summed E-state index contributed by atoms with van der Waals surface area (Å²) in [4.78, 5) is 32.7. The first-order chi connectivity index (χ1) is 12.8. The van der Waals surface area contributed by atoms with Crippen molar-refractivity contribution in [3.8, 4) is 0 Å². The van der Waals surface area contributed by atoms with Gasteiger partial charge in [0.2, 0.25) is 11.8 Å². The number of sulfone groups is 1. The van der Waals surface area contributed by atoms with Crippen molar-refractivity contribution >= 4 is 21.7 Å². The number of rotatable bonds is 5. The second-order valence-corrected chi connectivity index (χ2v) is 9.40. The number of carbonyl (C=O) groups excluding carboxylic acids is 2. The average Bonchev–Trinajstić information content (AvgIpc) is 2.79. The normalized spacial score (nSPS) is 23.7. The summed E-state index contributed by atoms with van der Waals surface area (Å²) in [5, 5.41) is 0. The number of ether oxygens (including phenoxy) is 1. The van der Waals surface area contributed by atoms with E-state index in [1.54, 1.807) is 22.2 Å². The molecule has 27 heavy (non-hydrogen) atoms. The molecule has 2 atom stereocenters. The molecule has 0 aromatic carbocycles. The Morgan fingerprint density at radius 2 is 2.04 bits per heavy atom. The summed E-state index contributed by atoms with van der Waals surface area (Å²) in [6, 6.07) is 3.78. The Hall–Kier alpha value is -2.00. The highest BCUT2D eigenvalue weighted by molar-refractivity contribution is 7.90. The van der Waals surface area contributed by atoms with Crippen LogP contribution in [0.4, 0.5) is 0 Å². The Balaban J connectivity index is 1.61. The zero-order valence-electron chi connectivity index (χ0n) is 15.4. The van der Waals surface area contributed by atoms with Crippen molar-refractivity contribution in [1.82, 2.24) is 14.8 Å². The molecule has 2 aliphatic rings. The molecule has 0 aliphatic carbocycles. The monoisotopic (exact) mass is 395 g/mol. The average molecular weight is 395 g/mol. The third-order valence-electron chi connectivity index (χ3n) is 5.04. The third kappa shape index (κ3) is 5.26. The lowest BCUT2D eigenvalue weighted by Crippen LogP contribution is -2.51. The molecule has 8 nitrogen and oxygen atoms in total. The summed E-state index contributed by atoms with van der Waals surface area (Å²) in [7, 11) is -3.18. The molecular formula is C18H25N3O5S. The van der Waals surface area contributed by atoms with Gasteiger partial charge < -0.3 is 14.5 Å². The highest BCUT2D eigenvalue weighted by Gasteiger charge is 2.40. The van der Waals surface area contributed by atoms with E-state index < -0.39 is 9.84 Å². The van der Waals surface area contributed by atoms with Crippen molar-refractivity contribution in [3.63, 3.8) is 0 Å². The van der Waals surface area contributed by atoms with Crippen molar-refractivity contribution in [2.24, 2.45) is 5.92 Å². The Morgan fingerprint density at radius 3 is 2.74 bits per heavy atom. The van der Waals surface area contributed by atoms with Crippen molar-refractivity contribution in [2.45, 2.75) is 25.5 Å². The molecule has 1 aromatic rings. The maximum Gasteiger partial charge on any atom is 0.228 e. The van der Waals surface area contributed by atoms with E-state index in [0.29, 0.717) is 39.2 Å². The molecule has 2 aliphatic heterocycles. The lowest BCUT2D eigenvalue weighted by atomic mass is 9.92. The SMILES string of the molecule is CS(=O)(=O)CCC(=O)N1CC[C@H]2C(=O)N(Cc3ccncc3)CCO[C@H]2C1. The maximum absolute atomic E-state index is 13.0. The number of fused-ring (bicyclic) bond motifs is 1. The fourth-order valence-electron chi connectivity index (χ4n) is 3.55. The van der Waals surface area contributed by atoms with Gasteiger partial charge in [0.05, 0.1) is 24.4 Å². The Kier molecular flexibility index (Phi) is 6.11. The molecular weight excluding hydrogens is 370 g/mol. The first kappa shape index (κ1) is 19.8. The highest BCUT2D eigenvalue weighted by atomic mass is 32.2. The van der Waals surface area contributed by atoms with Crippen LogP contribution in [-0.2, 0) is 30.7 Å². The molecule has 0 spiro atoms. The van der Waals surface area contributed by atoms with Gasteiger partial charge in [0.25, 0.3) is 0 Å². The van der Waals surface area contributed by atoms with Crippen LogP contribution in [0.1, 0.15) is 18.4 Å². The molecule has 2 fully saturated rings. The molecule has 0 radical (unpaired) electrons. The second kappa shape index (κ2) is 8.35. The number of hydrogen-bond donors (Lipinski definition) is 0. The van der Waals surface area contributed by atoms with Crippen LogP contribution in [0.5, 0.6) is 0 Å². The fourth-order valence-corrected chi connectivity index (χ4v) is 4.10. The minimum absolute atomic E-state index is 0.0294. The standard InChI is InChI=1S/C18H25N3O5S/c1-27(24,25)11-5-17(22)20-8-4-15-16(13-20)26-10-9-21(18(15)23)12-14-2-6-19-7-3-14/h2-3,6-7,15-16H,4-5,8-13H2,1H3/t15-,16+/m1/s1. The van der Waals surface area contributed by atoms with Crippen LogP contribution < -0.4 is 0 Å². The van der Waals surface area contributed by atoms with Gasteiger partial charge in [-0.2, -0.15) is 0 Å². The summed E-state index contributed by atoms with van der Waals surface area (Å²) in [6.45, 7) is 2.23. The van der Waals surface area contributed by atoms with E-state index in [0.717, 1.165) is 11.8 Å². The zero-order valence-corrected chi connectivity index (χ0v) is 16.2. The molecule has 9 heteroatoms. The number of carbonyl (C=O) groups is 2. The van der Waals surface area contributed by atoms with Crippen LogP contribution in [0, 0.1) is 5.92 Å². The van der Waals surface area contributed by atoms with Crippen molar-refractivity contribution in [2.75, 3.05) is 38.2 Å². The molecule has 2 saturated heterocycles. The smallest absolute Gasteiger partial charge is 0.228 e. The van der Waals surface area contributed by atoms with E-state index in [9.17, 15) is 18.0 Å². The van der Waals surface area contributed by atoms with Crippen LogP contribution in [0.2, 0.25) is 0 Å². The minimum Gasteiger partial charge on any atom is -0.374 e. The van der Waals surface area contributed by atoms with E-state index >= 15 is 0 Å². The van der Waals surface area contributed by atoms with Crippen molar-refractivity contribution in [3.05, 3.63) is 30.1 Å². The number of piperidine rings is 1. The molecule has 3 rings (SSSR count). The van der Waals surface area contributed by atoms with Crippen LogP contribution >= 0.6 is 0 Å². The number of pyridine rings is 1. The van der Waals surface area contributed by atoms with E-state index in [1.165, 1.54) is 0 Å². The molecule has 0 saturated carbocycles. The van der Waals surface area contributed by atoms with Gasteiger partial charge in [-0.15, -0.1) is 0 Å². The Morgan fingerprint density at radius 1 is 1.30 bits per heavy atom. The largest absolute Gasteiger partial charge is 0.374 e. The number of amides is 2.